The van der Waals surface area contributed by atoms with Crippen LogP contribution in [0, 0.1) is 0 Å². The maximum atomic E-state index is 9.35. The first-order valence-electron chi connectivity index (χ1n) is 3.84. The van der Waals surface area contributed by atoms with E-state index in [-0.39, 0.29) is 5.76 Å². The number of halogens is 1. The molecule has 0 amide bonds. The molecule has 1 aromatic rings. The molecule has 0 unspecified atom stereocenters. The fourth-order valence-corrected chi connectivity index (χ4v) is 1.28. The second-order valence-corrected chi connectivity index (χ2v) is 3.03. The Bertz CT molecular complexity index is 377. The summed E-state index contributed by atoms with van der Waals surface area (Å²) < 4.78 is 4.95. The summed E-state index contributed by atoms with van der Waals surface area (Å²) in [7, 11) is 1.49. The zero-order chi connectivity index (χ0) is 10.7. The number of methoxy groups -OCH3 is 1. The maximum absolute atomic E-state index is 9.35. The third kappa shape index (κ3) is 1.85. The topological polar surface area (TPSA) is 81.5 Å². The molecule has 0 fully saturated rings. The van der Waals surface area contributed by atoms with Gasteiger partial charge < -0.3 is 21.3 Å². The van der Waals surface area contributed by atoms with Gasteiger partial charge >= 0.3 is 0 Å². The highest BCUT2D eigenvalue weighted by Gasteiger charge is 2.09. The van der Waals surface area contributed by atoms with Crippen molar-refractivity contribution in [3.05, 3.63) is 28.9 Å². The average molecular weight is 215 g/mol. The summed E-state index contributed by atoms with van der Waals surface area (Å²) in [5.41, 5.74) is 11.5. The molecule has 0 radical (unpaired) electrons. The van der Waals surface area contributed by atoms with Gasteiger partial charge in [-0.2, -0.15) is 0 Å². The van der Waals surface area contributed by atoms with Crippen LogP contribution < -0.4 is 16.2 Å². The first-order chi connectivity index (χ1) is 6.60. The Morgan fingerprint density at radius 2 is 2.21 bits per heavy atom. The number of rotatable bonds is 2. The second-order valence-electron chi connectivity index (χ2n) is 2.63. The fourth-order valence-electron chi connectivity index (χ4n) is 1.04. The van der Waals surface area contributed by atoms with E-state index in [1.54, 1.807) is 0 Å². The Morgan fingerprint density at radius 1 is 1.57 bits per heavy atom. The van der Waals surface area contributed by atoms with Gasteiger partial charge in [0, 0.05) is 23.5 Å². The standard InChI is InChI=1S/C9H11ClN2O2/c1-14-9-3-7(12)5(2-6(9)10)8(13)4-11/h2-4,13H,11-12H2,1H3/b8-4+. The number of anilines is 1. The molecule has 5 N–H and O–H groups in total. The van der Waals surface area contributed by atoms with Gasteiger partial charge in [0.1, 0.15) is 11.5 Å². The predicted molar refractivity (Wildman–Crippen MR) is 57.2 cm³/mol. The van der Waals surface area contributed by atoms with Crippen LogP contribution in [0.2, 0.25) is 5.02 Å². The monoisotopic (exact) mass is 214 g/mol. The molecule has 0 aliphatic rings. The van der Waals surface area contributed by atoms with Crippen molar-refractivity contribution in [1.29, 1.82) is 0 Å². The van der Waals surface area contributed by atoms with E-state index in [9.17, 15) is 5.11 Å². The number of aliphatic hydroxyl groups is 1. The van der Waals surface area contributed by atoms with Crippen LogP contribution in [0.1, 0.15) is 5.56 Å². The van der Waals surface area contributed by atoms with Gasteiger partial charge in [0.05, 0.1) is 12.1 Å². The first-order valence-corrected chi connectivity index (χ1v) is 4.22. The van der Waals surface area contributed by atoms with Gasteiger partial charge in [-0.1, -0.05) is 11.6 Å². The van der Waals surface area contributed by atoms with E-state index >= 15 is 0 Å². The van der Waals surface area contributed by atoms with E-state index in [4.69, 9.17) is 27.8 Å². The quantitative estimate of drug-likeness (QED) is 0.518. The van der Waals surface area contributed by atoms with Crippen LogP contribution >= 0.6 is 11.6 Å². The average Bonchev–Trinajstić information content (AvgIpc) is 2.19. The van der Waals surface area contributed by atoms with E-state index in [0.29, 0.717) is 22.0 Å². The Labute approximate surface area is 86.7 Å². The molecule has 5 heteroatoms. The van der Waals surface area contributed by atoms with Gasteiger partial charge in [0.15, 0.2) is 0 Å². The Balaban J connectivity index is 3.29. The van der Waals surface area contributed by atoms with E-state index < -0.39 is 0 Å². The Hall–Kier alpha value is -1.55. The number of benzene rings is 1. The molecule has 0 aromatic heterocycles. The van der Waals surface area contributed by atoms with Gasteiger partial charge in [-0.3, -0.25) is 0 Å². The number of aliphatic hydroxyl groups excluding tert-OH is 1. The van der Waals surface area contributed by atoms with Gasteiger partial charge in [-0.05, 0) is 6.07 Å². The molecule has 1 rings (SSSR count). The number of nitrogen functional groups attached to an aromatic ring is 1. The highest BCUT2D eigenvalue weighted by Crippen LogP contribution is 2.31. The van der Waals surface area contributed by atoms with Crippen LogP contribution in [0.15, 0.2) is 18.3 Å². The molecule has 76 valence electrons. The van der Waals surface area contributed by atoms with E-state index in [1.807, 2.05) is 0 Å². The van der Waals surface area contributed by atoms with Crippen LogP contribution in [-0.2, 0) is 0 Å². The van der Waals surface area contributed by atoms with E-state index in [0.717, 1.165) is 6.20 Å². The lowest BCUT2D eigenvalue weighted by Gasteiger charge is -2.08. The lowest BCUT2D eigenvalue weighted by Crippen LogP contribution is -1.97. The van der Waals surface area contributed by atoms with Gasteiger partial charge in [-0.25, -0.2) is 0 Å². The fraction of sp³-hybridized carbons (Fsp3) is 0.111. The molecule has 0 aliphatic heterocycles. The van der Waals surface area contributed by atoms with Crippen molar-refractivity contribution in [3.8, 4) is 5.75 Å². The molecule has 0 spiro atoms. The zero-order valence-electron chi connectivity index (χ0n) is 7.62. The molecule has 0 heterocycles. The summed E-state index contributed by atoms with van der Waals surface area (Å²) in [5, 5.41) is 9.72. The van der Waals surface area contributed by atoms with Crippen molar-refractivity contribution in [2.75, 3.05) is 12.8 Å². The van der Waals surface area contributed by atoms with E-state index in [2.05, 4.69) is 0 Å². The van der Waals surface area contributed by atoms with Crippen LogP contribution in [0.25, 0.3) is 5.76 Å². The van der Waals surface area contributed by atoms with Crippen molar-refractivity contribution in [2.24, 2.45) is 5.73 Å². The molecule has 4 nitrogen and oxygen atoms in total. The SMILES string of the molecule is COc1cc(N)c(/C(O)=C\N)cc1Cl. The summed E-state index contributed by atoms with van der Waals surface area (Å²) in [6.07, 6.45) is 1.05. The summed E-state index contributed by atoms with van der Waals surface area (Å²) in [6, 6.07) is 3.02. The van der Waals surface area contributed by atoms with Gasteiger partial charge in [0.25, 0.3) is 0 Å². The van der Waals surface area contributed by atoms with Crippen molar-refractivity contribution in [3.63, 3.8) is 0 Å². The minimum Gasteiger partial charge on any atom is -0.506 e. The van der Waals surface area contributed by atoms with Crippen LogP contribution in [0.5, 0.6) is 5.75 Å². The summed E-state index contributed by atoms with van der Waals surface area (Å²) in [5.74, 6) is 0.338. The van der Waals surface area contributed by atoms with Crippen molar-refractivity contribution >= 4 is 23.0 Å². The largest absolute Gasteiger partial charge is 0.506 e. The third-order valence-electron chi connectivity index (χ3n) is 1.76. The van der Waals surface area contributed by atoms with Crippen LogP contribution in [0.4, 0.5) is 5.69 Å². The van der Waals surface area contributed by atoms with E-state index in [1.165, 1.54) is 19.2 Å². The van der Waals surface area contributed by atoms with Crippen molar-refractivity contribution < 1.29 is 9.84 Å². The normalized spacial score (nSPS) is 11.4. The molecule has 14 heavy (non-hydrogen) atoms. The highest BCUT2D eigenvalue weighted by atomic mass is 35.5. The molecule has 0 atom stereocenters. The molecular formula is C9H11ClN2O2. The highest BCUT2D eigenvalue weighted by molar-refractivity contribution is 6.32. The molecule has 0 bridgehead atoms. The smallest absolute Gasteiger partial charge is 0.140 e. The second kappa shape index (κ2) is 4.11. The predicted octanol–water partition coefficient (Wildman–Crippen LogP) is 1.75. The molecule has 0 aliphatic carbocycles. The Morgan fingerprint density at radius 3 is 2.71 bits per heavy atom. The summed E-state index contributed by atoms with van der Waals surface area (Å²) in [4.78, 5) is 0. The Kier molecular flexibility index (Phi) is 3.09. The van der Waals surface area contributed by atoms with Crippen molar-refractivity contribution in [1.82, 2.24) is 0 Å². The van der Waals surface area contributed by atoms with Crippen LogP contribution in [-0.4, -0.2) is 12.2 Å². The zero-order valence-corrected chi connectivity index (χ0v) is 8.38. The number of hydrogen-bond acceptors (Lipinski definition) is 4. The first kappa shape index (κ1) is 10.5. The van der Waals surface area contributed by atoms with Crippen LogP contribution in [0.3, 0.4) is 0 Å². The minimum atomic E-state index is -0.118. The third-order valence-corrected chi connectivity index (χ3v) is 2.05. The van der Waals surface area contributed by atoms with Crippen molar-refractivity contribution in [2.45, 2.75) is 0 Å². The maximum Gasteiger partial charge on any atom is 0.140 e. The number of ether oxygens (including phenoxy) is 1. The number of nitrogens with two attached hydrogens (primary N) is 2. The molecular weight excluding hydrogens is 204 g/mol. The lowest BCUT2D eigenvalue weighted by atomic mass is 10.1. The van der Waals surface area contributed by atoms with Gasteiger partial charge in [-0.15, -0.1) is 0 Å². The number of hydrogen-bond donors (Lipinski definition) is 3. The lowest BCUT2D eigenvalue weighted by molar-refractivity contribution is 0.415. The molecule has 0 saturated carbocycles. The summed E-state index contributed by atoms with van der Waals surface area (Å²) >= 11 is 5.84. The minimum absolute atomic E-state index is 0.118. The molecule has 1 aromatic carbocycles. The molecule has 0 saturated heterocycles. The summed E-state index contributed by atoms with van der Waals surface area (Å²) in [6.45, 7) is 0. The van der Waals surface area contributed by atoms with Gasteiger partial charge in [0.2, 0.25) is 0 Å².